The van der Waals surface area contributed by atoms with Crippen molar-refractivity contribution in [2.75, 3.05) is 0 Å². The van der Waals surface area contributed by atoms with Gasteiger partial charge in [0, 0.05) is 6.42 Å². The molecule has 0 aliphatic heterocycles. The maximum absolute atomic E-state index is 12.5. The number of nitrogens with one attached hydrogen (secondary N) is 1. The second kappa shape index (κ2) is 5.26. The molecule has 2 atom stereocenters. The molecule has 0 aromatic heterocycles. The molecule has 0 bridgehead atoms. The molecule has 0 heterocycles. The Morgan fingerprint density at radius 3 is 2.67 bits per heavy atom. The van der Waals surface area contributed by atoms with E-state index in [2.05, 4.69) is 4.72 Å². The molecule has 2 aromatic rings. The van der Waals surface area contributed by atoms with E-state index < -0.39 is 22.2 Å². The number of sulfonamides is 1. The van der Waals surface area contributed by atoms with E-state index in [9.17, 15) is 13.5 Å². The van der Waals surface area contributed by atoms with Crippen molar-refractivity contribution < 1.29 is 13.5 Å². The molecule has 0 unspecified atom stereocenters. The van der Waals surface area contributed by atoms with Gasteiger partial charge < -0.3 is 5.11 Å². The number of aliphatic hydroxyl groups is 1. The van der Waals surface area contributed by atoms with Crippen LogP contribution in [0.1, 0.15) is 22.7 Å². The van der Waals surface area contributed by atoms with Gasteiger partial charge in [0.05, 0.1) is 17.0 Å². The molecule has 2 aromatic carbocycles. The van der Waals surface area contributed by atoms with Gasteiger partial charge in [0.15, 0.2) is 0 Å². The first-order valence-corrected chi connectivity index (χ1v) is 8.30. The molecule has 1 aliphatic carbocycles. The molecule has 21 heavy (non-hydrogen) atoms. The Kier molecular flexibility index (Phi) is 3.57. The molecule has 0 amide bonds. The van der Waals surface area contributed by atoms with E-state index in [0.717, 1.165) is 16.7 Å². The average molecular weight is 303 g/mol. The van der Waals surface area contributed by atoms with Crippen molar-refractivity contribution in [2.45, 2.75) is 30.4 Å². The van der Waals surface area contributed by atoms with Crippen LogP contribution in [-0.4, -0.2) is 19.6 Å². The van der Waals surface area contributed by atoms with Gasteiger partial charge in [-0.05, 0) is 35.7 Å². The Hall–Kier alpha value is -1.69. The molecule has 0 spiro atoms. The third-order valence-electron chi connectivity index (χ3n) is 3.79. The predicted molar refractivity (Wildman–Crippen MR) is 80.4 cm³/mol. The zero-order chi connectivity index (χ0) is 15.0. The molecular formula is C16H17NO3S. The van der Waals surface area contributed by atoms with Crippen LogP contribution in [0.5, 0.6) is 0 Å². The fourth-order valence-electron chi connectivity index (χ4n) is 2.73. The van der Waals surface area contributed by atoms with Gasteiger partial charge in [-0.2, -0.15) is 0 Å². The summed E-state index contributed by atoms with van der Waals surface area (Å²) in [4.78, 5) is 0.221. The highest BCUT2D eigenvalue weighted by molar-refractivity contribution is 7.89. The van der Waals surface area contributed by atoms with Crippen molar-refractivity contribution in [1.82, 2.24) is 4.72 Å². The van der Waals surface area contributed by atoms with Crippen LogP contribution in [0.4, 0.5) is 0 Å². The van der Waals surface area contributed by atoms with Gasteiger partial charge in [0.2, 0.25) is 10.0 Å². The van der Waals surface area contributed by atoms with Crippen LogP contribution in [0.2, 0.25) is 0 Å². The van der Waals surface area contributed by atoms with E-state index in [1.807, 2.05) is 37.3 Å². The summed E-state index contributed by atoms with van der Waals surface area (Å²) in [5.74, 6) is 0. The first kappa shape index (κ1) is 14.3. The Bertz CT molecular complexity index is 771. The average Bonchev–Trinajstić information content (AvgIpc) is 2.75. The van der Waals surface area contributed by atoms with Gasteiger partial charge in [-0.15, -0.1) is 0 Å². The molecular weight excluding hydrogens is 286 g/mol. The highest BCUT2D eigenvalue weighted by Gasteiger charge is 2.34. The Morgan fingerprint density at radius 2 is 1.90 bits per heavy atom. The number of benzene rings is 2. The van der Waals surface area contributed by atoms with E-state index in [4.69, 9.17) is 0 Å². The normalized spacial score (nSPS) is 21.2. The summed E-state index contributed by atoms with van der Waals surface area (Å²) >= 11 is 0. The minimum atomic E-state index is -3.65. The van der Waals surface area contributed by atoms with Crippen LogP contribution in [0.25, 0.3) is 0 Å². The third-order valence-corrected chi connectivity index (χ3v) is 5.22. The molecule has 4 nitrogen and oxygen atoms in total. The zero-order valence-electron chi connectivity index (χ0n) is 11.7. The molecule has 0 saturated heterocycles. The topological polar surface area (TPSA) is 66.4 Å². The van der Waals surface area contributed by atoms with Crippen LogP contribution in [-0.2, 0) is 16.4 Å². The second-order valence-corrected chi connectivity index (χ2v) is 7.10. The number of aryl methyl sites for hydroxylation is 1. The quantitative estimate of drug-likeness (QED) is 0.910. The summed E-state index contributed by atoms with van der Waals surface area (Å²) < 4.78 is 27.6. The van der Waals surface area contributed by atoms with Gasteiger partial charge in [0.25, 0.3) is 0 Å². The van der Waals surface area contributed by atoms with Crippen molar-refractivity contribution in [3.8, 4) is 0 Å². The fourth-order valence-corrected chi connectivity index (χ4v) is 4.09. The highest BCUT2D eigenvalue weighted by atomic mass is 32.2. The Balaban J connectivity index is 1.93. The molecule has 5 heteroatoms. The standard InChI is InChI=1S/C16H17NO3S/c1-11-5-4-7-13(9-11)21(19,20)17-16-14-8-3-2-6-12(14)10-15(16)18/h2-9,15-18H,10H2,1H3/t15-,16+/m1/s1. The highest BCUT2D eigenvalue weighted by Crippen LogP contribution is 2.32. The van der Waals surface area contributed by atoms with Crippen LogP contribution < -0.4 is 4.72 Å². The first-order valence-electron chi connectivity index (χ1n) is 6.82. The van der Waals surface area contributed by atoms with E-state index in [0.29, 0.717) is 6.42 Å². The number of hydrogen-bond acceptors (Lipinski definition) is 3. The first-order chi connectivity index (χ1) is 9.97. The summed E-state index contributed by atoms with van der Waals surface area (Å²) in [5, 5.41) is 10.1. The molecule has 3 rings (SSSR count). The Labute approximate surface area is 124 Å². The molecule has 1 aliphatic rings. The van der Waals surface area contributed by atoms with Gasteiger partial charge in [0.1, 0.15) is 0 Å². The minimum absolute atomic E-state index is 0.221. The lowest BCUT2D eigenvalue weighted by Crippen LogP contribution is -2.33. The van der Waals surface area contributed by atoms with Crippen molar-refractivity contribution >= 4 is 10.0 Å². The number of fused-ring (bicyclic) bond motifs is 1. The smallest absolute Gasteiger partial charge is 0.241 e. The van der Waals surface area contributed by atoms with E-state index >= 15 is 0 Å². The van der Waals surface area contributed by atoms with E-state index in [-0.39, 0.29) is 4.90 Å². The minimum Gasteiger partial charge on any atom is -0.391 e. The van der Waals surface area contributed by atoms with E-state index in [1.54, 1.807) is 18.2 Å². The zero-order valence-corrected chi connectivity index (χ0v) is 12.5. The molecule has 0 saturated carbocycles. The maximum Gasteiger partial charge on any atom is 0.241 e. The van der Waals surface area contributed by atoms with Crippen LogP contribution in [0.15, 0.2) is 53.4 Å². The summed E-state index contributed by atoms with van der Waals surface area (Å²) in [6.45, 7) is 1.85. The second-order valence-electron chi connectivity index (χ2n) is 5.39. The largest absolute Gasteiger partial charge is 0.391 e. The Morgan fingerprint density at radius 1 is 1.14 bits per heavy atom. The lowest BCUT2D eigenvalue weighted by molar-refractivity contribution is 0.151. The summed E-state index contributed by atoms with van der Waals surface area (Å²) in [7, 11) is -3.65. The SMILES string of the molecule is Cc1cccc(S(=O)(=O)N[C@H]2c3ccccc3C[C@H]2O)c1. The molecule has 0 fully saturated rings. The number of rotatable bonds is 3. The monoisotopic (exact) mass is 303 g/mol. The van der Waals surface area contributed by atoms with Crippen LogP contribution in [0.3, 0.4) is 0 Å². The van der Waals surface area contributed by atoms with Crippen molar-refractivity contribution in [2.24, 2.45) is 0 Å². The van der Waals surface area contributed by atoms with E-state index in [1.165, 1.54) is 0 Å². The van der Waals surface area contributed by atoms with Crippen molar-refractivity contribution in [1.29, 1.82) is 0 Å². The van der Waals surface area contributed by atoms with Gasteiger partial charge in [-0.25, -0.2) is 13.1 Å². The molecule has 2 N–H and O–H groups in total. The number of hydrogen-bond donors (Lipinski definition) is 2. The van der Waals surface area contributed by atoms with Crippen molar-refractivity contribution in [3.63, 3.8) is 0 Å². The summed E-state index contributed by atoms with van der Waals surface area (Å²) in [6, 6.07) is 13.7. The van der Waals surface area contributed by atoms with Gasteiger partial charge in [-0.3, -0.25) is 0 Å². The van der Waals surface area contributed by atoms with Crippen LogP contribution >= 0.6 is 0 Å². The van der Waals surface area contributed by atoms with Gasteiger partial charge in [-0.1, -0.05) is 36.4 Å². The van der Waals surface area contributed by atoms with Crippen LogP contribution in [0, 0.1) is 6.92 Å². The molecule has 0 radical (unpaired) electrons. The number of aliphatic hydroxyl groups excluding tert-OH is 1. The molecule has 110 valence electrons. The lowest BCUT2D eigenvalue weighted by atomic mass is 10.1. The predicted octanol–water partition coefficient (Wildman–Crippen LogP) is 1.93. The van der Waals surface area contributed by atoms with Crippen molar-refractivity contribution in [3.05, 3.63) is 65.2 Å². The fraction of sp³-hybridized carbons (Fsp3) is 0.250. The van der Waals surface area contributed by atoms with Gasteiger partial charge >= 0.3 is 0 Å². The third kappa shape index (κ3) is 2.72. The summed E-state index contributed by atoms with van der Waals surface area (Å²) in [5.41, 5.74) is 2.72. The lowest BCUT2D eigenvalue weighted by Gasteiger charge is -2.18. The maximum atomic E-state index is 12.5. The summed E-state index contributed by atoms with van der Waals surface area (Å²) in [6.07, 6.45) is -0.265.